The maximum Gasteiger partial charge on any atom is 0.144 e. The molecule has 1 aromatic rings. The van der Waals surface area contributed by atoms with E-state index in [2.05, 4.69) is 11.6 Å². The Hall–Kier alpha value is -1.55. The minimum Gasteiger partial charge on any atom is -0.390 e. The van der Waals surface area contributed by atoms with Crippen molar-refractivity contribution < 1.29 is 4.39 Å². The molecular formula is C12H15ClFN3. The lowest BCUT2D eigenvalue weighted by molar-refractivity contribution is 0.626. The summed E-state index contributed by atoms with van der Waals surface area (Å²) in [6.45, 7) is 5.96. The number of likely N-dealkylation sites (N-methyl/N-ethyl adjacent to an activating group) is 1. The lowest BCUT2D eigenvalue weighted by Gasteiger charge is -2.20. The van der Waals surface area contributed by atoms with Crippen LogP contribution in [0.15, 0.2) is 29.4 Å². The average molecular weight is 256 g/mol. The molecular weight excluding hydrogens is 241 g/mol. The van der Waals surface area contributed by atoms with Crippen LogP contribution in [-0.2, 0) is 0 Å². The first-order valence-corrected chi connectivity index (χ1v) is 5.42. The molecule has 0 aliphatic heterocycles. The van der Waals surface area contributed by atoms with Crippen LogP contribution in [0.1, 0.15) is 5.56 Å². The highest BCUT2D eigenvalue weighted by Crippen LogP contribution is 2.25. The first-order chi connectivity index (χ1) is 7.95. The van der Waals surface area contributed by atoms with E-state index in [1.54, 1.807) is 6.92 Å². The third-order valence-electron chi connectivity index (χ3n) is 2.31. The highest BCUT2D eigenvalue weighted by atomic mass is 35.5. The van der Waals surface area contributed by atoms with Gasteiger partial charge in [0.25, 0.3) is 0 Å². The van der Waals surface area contributed by atoms with Gasteiger partial charge in [-0.1, -0.05) is 18.2 Å². The van der Waals surface area contributed by atoms with Crippen molar-refractivity contribution in [2.45, 2.75) is 6.92 Å². The lowest BCUT2D eigenvalue weighted by atomic mass is 10.2. The maximum atomic E-state index is 13.5. The second-order valence-electron chi connectivity index (χ2n) is 3.76. The van der Waals surface area contributed by atoms with Crippen LogP contribution < -0.4 is 10.6 Å². The number of hydrogen-bond donors (Lipinski definition) is 1. The van der Waals surface area contributed by atoms with Gasteiger partial charge in [-0.3, -0.25) is 0 Å². The van der Waals surface area contributed by atoms with Crippen molar-refractivity contribution in [2.24, 2.45) is 10.7 Å². The summed E-state index contributed by atoms with van der Waals surface area (Å²) in [5.41, 5.74) is 7.18. The van der Waals surface area contributed by atoms with Gasteiger partial charge < -0.3 is 10.6 Å². The van der Waals surface area contributed by atoms with E-state index < -0.39 is 5.82 Å². The van der Waals surface area contributed by atoms with Gasteiger partial charge in [-0.2, -0.15) is 0 Å². The Kier molecular flexibility index (Phi) is 4.52. The van der Waals surface area contributed by atoms with Gasteiger partial charge >= 0.3 is 0 Å². The van der Waals surface area contributed by atoms with E-state index in [0.29, 0.717) is 17.8 Å². The van der Waals surface area contributed by atoms with Crippen LogP contribution in [0.4, 0.5) is 10.1 Å². The standard InChI is InChI=1S/C12H15ClFN3/c1-8-4-10(5-11(14)12(8)13)17(3)6-9(2)16-7-15/h4-5,7H,2,6H2,1,3H3,(H2,15,16). The molecule has 0 saturated carbocycles. The summed E-state index contributed by atoms with van der Waals surface area (Å²) >= 11 is 5.76. The van der Waals surface area contributed by atoms with Gasteiger partial charge in [0.1, 0.15) is 5.82 Å². The first-order valence-electron chi connectivity index (χ1n) is 5.04. The zero-order chi connectivity index (χ0) is 13.0. The van der Waals surface area contributed by atoms with E-state index in [1.807, 2.05) is 18.0 Å². The zero-order valence-electron chi connectivity index (χ0n) is 9.87. The third kappa shape index (κ3) is 3.46. The minimum absolute atomic E-state index is 0.154. The maximum absolute atomic E-state index is 13.5. The zero-order valence-corrected chi connectivity index (χ0v) is 10.6. The fourth-order valence-corrected chi connectivity index (χ4v) is 1.55. The van der Waals surface area contributed by atoms with Crippen LogP contribution in [0.5, 0.6) is 0 Å². The van der Waals surface area contributed by atoms with E-state index >= 15 is 0 Å². The Labute approximate surface area is 105 Å². The Bertz CT molecular complexity index is 434. The van der Waals surface area contributed by atoms with Crippen molar-refractivity contribution in [2.75, 3.05) is 18.5 Å². The van der Waals surface area contributed by atoms with Crippen molar-refractivity contribution in [3.63, 3.8) is 0 Å². The number of aryl methyl sites for hydroxylation is 1. The molecule has 17 heavy (non-hydrogen) atoms. The van der Waals surface area contributed by atoms with Crippen LogP contribution in [0, 0.1) is 12.7 Å². The van der Waals surface area contributed by atoms with Gasteiger partial charge in [0.15, 0.2) is 0 Å². The molecule has 0 aromatic heterocycles. The van der Waals surface area contributed by atoms with Crippen LogP contribution in [0.2, 0.25) is 5.02 Å². The predicted molar refractivity (Wildman–Crippen MR) is 71.2 cm³/mol. The van der Waals surface area contributed by atoms with Gasteiger partial charge in [-0.15, -0.1) is 0 Å². The van der Waals surface area contributed by atoms with Gasteiger partial charge in [0.2, 0.25) is 0 Å². The molecule has 0 heterocycles. The number of benzene rings is 1. The summed E-state index contributed by atoms with van der Waals surface area (Å²) < 4.78 is 13.5. The normalized spacial score (nSPS) is 10.8. The largest absolute Gasteiger partial charge is 0.390 e. The molecule has 5 heteroatoms. The fraction of sp³-hybridized carbons (Fsp3) is 0.250. The molecule has 2 N–H and O–H groups in total. The predicted octanol–water partition coefficient (Wildman–Crippen LogP) is 2.72. The molecule has 0 atom stereocenters. The van der Waals surface area contributed by atoms with Crippen LogP contribution in [0.25, 0.3) is 0 Å². The topological polar surface area (TPSA) is 41.6 Å². The number of halogens is 2. The molecule has 0 radical (unpaired) electrons. The third-order valence-corrected chi connectivity index (χ3v) is 2.79. The molecule has 0 aliphatic carbocycles. The van der Waals surface area contributed by atoms with Crippen molar-refractivity contribution in [3.8, 4) is 0 Å². The Morgan fingerprint density at radius 1 is 1.65 bits per heavy atom. The van der Waals surface area contributed by atoms with Crippen LogP contribution in [0.3, 0.4) is 0 Å². The van der Waals surface area contributed by atoms with Crippen molar-refractivity contribution >= 4 is 23.6 Å². The quantitative estimate of drug-likeness (QED) is 0.664. The minimum atomic E-state index is -0.429. The van der Waals surface area contributed by atoms with E-state index in [-0.39, 0.29) is 5.02 Å². The number of hydrogen-bond acceptors (Lipinski definition) is 2. The van der Waals surface area contributed by atoms with Gasteiger partial charge in [0.05, 0.1) is 23.6 Å². The van der Waals surface area contributed by atoms with Gasteiger partial charge in [0, 0.05) is 12.7 Å². The molecule has 0 amide bonds. The molecule has 0 aliphatic rings. The summed E-state index contributed by atoms with van der Waals surface area (Å²) in [5, 5.41) is 0.154. The second kappa shape index (κ2) is 5.68. The number of nitrogens with two attached hydrogens (primary N) is 1. The van der Waals surface area contributed by atoms with E-state index in [4.69, 9.17) is 17.3 Å². The Morgan fingerprint density at radius 2 is 2.29 bits per heavy atom. The molecule has 0 fully saturated rings. The average Bonchev–Trinajstić information content (AvgIpc) is 2.25. The lowest BCUT2D eigenvalue weighted by Crippen LogP contribution is -2.20. The summed E-state index contributed by atoms with van der Waals surface area (Å²) in [5.74, 6) is -0.429. The van der Waals surface area contributed by atoms with E-state index in [9.17, 15) is 4.39 Å². The number of rotatable bonds is 4. The monoisotopic (exact) mass is 255 g/mol. The molecule has 1 aromatic carbocycles. The molecule has 92 valence electrons. The number of aliphatic imine (C=N–C) groups is 1. The summed E-state index contributed by atoms with van der Waals surface area (Å²) in [6, 6.07) is 3.19. The molecule has 0 saturated heterocycles. The molecule has 0 unspecified atom stereocenters. The summed E-state index contributed by atoms with van der Waals surface area (Å²) in [4.78, 5) is 5.67. The molecule has 0 spiro atoms. The summed E-state index contributed by atoms with van der Waals surface area (Å²) in [7, 11) is 1.82. The van der Waals surface area contributed by atoms with E-state index in [1.165, 1.54) is 12.4 Å². The molecule has 3 nitrogen and oxygen atoms in total. The highest BCUT2D eigenvalue weighted by Gasteiger charge is 2.09. The SMILES string of the molecule is C=C(CN(C)c1cc(C)c(Cl)c(F)c1)N=CN. The Balaban J connectivity index is 2.90. The van der Waals surface area contributed by atoms with Gasteiger partial charge in [-0.05, 0) is 24.6 Å². The van der Waals surface area contributed by atoms with E-state index in [0.717, 1.165) is 5.69 Å². The van der Waals surface area contributed by atoms with Crippen molar-refractivity contribution in [1.29, 1.82) is 0 Å². The fourth-order valence-electron chi connectivity index (χ4n) is 1.44. The van der Waals surface area contributed by atoms with Crippen molar-refractivity contribution in [1.82, 2.24) is 0 Å². The smallest absolute Gasteiger partial charge is 0.144 e. The summed E-state index contributed by atoms with van der Waals surface area (Å²) in [6.07, 6.45) is 1.18. The second-order valence-corrected chi connectivity index (χ2v) is 4.14. The molecule has 0 bridgehead atoms. The van der Waals surface area contributed by atoms with Crippen molar-refractivity contribution in [3.05, 3.63) is 40.8 Å². The number of anilines is 1. The van der Waals surface area contributed by atoms with Crippen LogP contribution >= 0.6 is 11.6 Å². The highest BCUT2D eigenvalue weighted by molar-refractivity contribution is 6.31. The van der Waals surface area contributed by atoms with Gasteiger partial charge in [-0.25, -0.2) is 9.38 Å². The Morgan fingerprint density at radius 3 is 2.82 bits per heavy atom. The van der Waals surface area contributed by atoms with Crippen LogP contribution in [-0.4, -0.2) is 19.9 Å². The first kappa shape index (κ1) is 13.5. The number of nitrogens with zero attached hydrogens (tertiary/aromatic N) is 2. The molecule has 1 rings (SSSR count).